The van der Waals surface area contributed by atoms with E-state index in [1.807, 2.05) is 6.08 Å². The summed E-state index contributed by atoms with van der Waals surface area (Å²) in [6.07, 6.45) is -7.51. The van der Waals surface area contributed by atoms with Crippen LogP contribution in [0.15, 0.2) is 18.3 Å². The predicted octanol–water partition coefficient (Wildman–Crippen LogP) is 4.32. The fourth-order valence-corrected chi connectivity index (χ4v) is 2.89. The monoisotopic (exact) mass is 378 g/mol. The molecule has 0 spiro atoms. The Labute approximate surface area is 144 Å². The van der Waals surface area contributed by atoms with Crippen LogP contribution in [0.3, 0.4) is 0 Å². The number of hydrogen-bond acceptors (Lipinski definition) is 3. The van der Waals surface area contributed by atoms with Gasteiger partial charge in [-0.05, 0) is 18.1 Å². The molecule has 1 atom stereocenters. The van der Waals surface area contributed by atoms with Crippen LogP contribution in [0.4, 0.5) is 32.0 Å². The van der Waals surface area contributed by atoms with Crippen LogP contribution in [-0.2, 0) is 6.18 Å². The van der Waals surface area contributed by atoms with Crippen molar-refractivity contribution in [2.75, 3.05) is 18.4 Å². The number of pyridine rings is 1. The van der Waals surface area contributed by atoms with E-state index in [4.69, 9.17) is 0 Å². The molecule has 0 saturated heterocycles. The maximum Gasteiger partial charge on any atom is 0.419 e. The molecule has 2 aromatic rings. The summed E-state index contributed by atoms with van der Waals surface area (Å²) in [5, 5.41) is 5.08. The molecular formula is C16H16F6N4. The third-order valence-electron chi connectivity index (χ3n) is 4.24. The summed E-state index contributed by atoms with van der Waals surface area (Å²) in [5.41, 5.74) is -0.386. The number of alkyl halides is 6. The molecule has 0 aromatic carbocycles. The second-order valence-electron chi connectivity index (χ2n) is 6.00. The molecule has 2 aromatic heterocycles. The van der Waals surface area contributed by atoms with Gasteiger partial charge in [-0.3, -0.25) is 0 Å². The van der Waals surface area contributed by atoms with Crippen molar-refractivity contribution in [3.05, 3.63) is 29.6 Å². The molecule has 0 radical (unpaired) electrons. The highest BCUT2D eigenvalue weighted by Gasteiger charge is 2.41. The van der Waals surface area contributed by atoms with E-state index >= 15 is 0 Å². The fraction of sp³-hybridized carbons (Fsp3) is 0.438. The molecule has 142 valence electrons. The van der Waals surface area contributed by atoms with Crippen molar-refractivity contribution in [2.24, 2.45) is 0 Å². The van der Waals surface area contributed by atoms with E-state index in [0.29, 0.717) is 25.0 Å². The minimum absolute atomic E-state index is 0.0228. The first kappa shape index (κ1) is 18.6. The summed E-state index contributed by atoms with van der Waals surface area (Å²) < 4.78 is 79.3. The summed E-state index contributed by atoms with van der Waals surface area (Å²) in [4.78, 5) is 6.63. The van der Waals surface area contributed by atoms with Crippen LogP contribution < -0.4 is 10.6 Å². The molecule has 26 heavy (non-hydrogen) atoms. The van der Waals surface area contributed by atoms with Gasteiger partial charge in [0.15, 0.2) is 0 Å². The van der Waals surface area contributed by atoms with Crippen molar-refractivity contribution >= 4 is 22.3 Å². The highest BCUT2D eigenvalue weighted by atomic mass is 19.4. The molecule has 3 heterocycles. The number of anilines is 1. The Hall–Kier alpha value is -2.23. The number of aromatic amines is 1. The van der Waals surface area contributed by atoms with Crippen molar-refractivity contribution in [3.8, 4) is 0 Å². The first-order chi connectivity index (χ1) is 12.1. The van der Waals surface area contributed by atoms with Gasteiger partial charge in [0.2, 0.25) is 0 Å². The van der Waals surface area contributed by atoms with Crippen LogP contribution in [0, 0.1) is 0 Å². The summed E-state index contributed by atoms with van der Waals surface area (Å²) >= 11 is 0. The number of hydrogen-bond donors (Lipinski definition) is 3. The van der Waals surface area contributed by atoms with Crippen LogP contribution in [0.5, 0.6) is 0 Å². The van der Waals surface area contributed by atoms with Crippen LogP contribution in [0.25, 0.3) is 16.6 Å². The van der Waals surface area contributed by atoms with E-state index in [0.717, 1.165) is 5.57 Å². The molecule has 0 fully saturated rings. The van der Waals surface area contributed by atoms with Crippen LogP contribution >= 0.6 is 0 Å². The summed E-state index contributed by atoms with van der Waals surface area (Å²) in [5.74, 6) is 0. The molecule has 1 aliphatic heterocycles. The SMILES string of the molecule is CC[C@@H](Nc1c(C(F)(F)F)cnc2[nH]c(C3=CCNC3)cc12)C(F)(F)F. The van der Waals surface area contributed by atoms with Crippen molar-refractivity contribution in [2.45, 2.75) is 31.7 Å². The first-order valence-electron chi connectivity index (χ1n) is 7.93. The number of nitrogens with one attached hydrogen (secondary N) is 3. The van der Waals surface area contributed by atoms with E-state index in [9.17, 15) is 26.3 Å². The second-order valence-corrected chi connectivity index (χ2v) is 6.00. The van der Waals surface area contributed by atoms with Gasteiger partial charge in [-0.15, -0.1) is 0 Å². The zero-order chi connectivity index (χ0) is 19.1. The minimum atomic E-state index is -4.83. The maximum atomic E-state index is 13.3. The number of H-pyrrole nitrogens is 1. The van der Waals surface area contributed by atoms with Gasteiger partial charge in [0.25, 0.3) is 0 Å². The summed E-state index contributed by atoms with van der Waals surface area (Å²) in [6.45, 7) is 2.39. The van der Waals surface area contributed by atoms with Crippen molar-refractivity contribution in [3.63, 3.8) is 0 Å². The number of aromatic nitrogens is 2. The third-order valence-corrected chi connectivity index (χ3v) is 4.24. The largest absolute Gasteiger partial charge is 0.419 e. The number of fused-ring (bicyclic) bond motifs is 1. The molecule has 4 nitrogen and oxygen atoms in total. The molecule has 10 heteroatoms. The van der Waals surface area contributed by atoms with Gasteiger partial charge in [-0.25, -0.2) is 4.98 Å². The molecule has 0 saturated carbocycles. The smallest absolute Gasteiger partial charge is 0.373 e. The lowest BCUT2D eigenvalue weighted by molar-refractivity contribution is -0.144. The Morgan fingerprint density at radius 3 is 2.50 bits per heavy atom. The second kappa shape index (κ2) is 6.49. The predicted molar refractivity (Wildman–Crippen MR) is 85.7 cm³/mol. The van der Waals surface area contributed by atoms with E-state index in [1.165, 1.54) is 13.0 Å². The Morgan fingerprint density at radius 1 is 1.23 bits per heavy atom. The molecule has 0 amide bonds. The zero-order valence-electron chi connectivity index (χ0n) is 13.6. The van der Waals surface area contributed by atoms with Crippen molar-refractivity contribution < 1.29 is 26.3 Å². The van der Waals surface area contributed by atoms with Gasteiger partial charge in [0.05, 0.1) is 11.3 Å². The van der Waals surface area contributed by atoms with E-state index in [1.54, 1.807) is 0 Å². The van der Waals surface area contributed by atoms with Crippen LogP contribution in [0.2, 0.25) is 0 Å². The highest BCUT2D eigenvalue weighted by Crippen LogP contribution is 2.40. The molecule has 1 aliphatic rings. The normalized spacial score (nSPS) is 16.8. The summed E-state index contributed by atoms with van der Waals surface area (Å²) in [7, 11) is 0. The fourth-order valence-electron chi connectivity index (χ4n) is 2.89. The lowest BCUT2D eigenvalue weighted by Gasteiger charge is -2.24. The Bertz CT molecular complexity index is 834. The van der Waals surface area contributed by atoms with Crippen molar-refractivity contribution in [1.29, 1.82) is 0 Å². The van der Waals surface area contributed by atoms with Gasteiger partial charge in [0, 0.05) is 30.4 Å². The standard InChI is InChI=1S/C16H16F6N4/c1-2-12(16(20,21)22)26-13-9-5-11(8-3-4-23-6-8)25-14(9)24-7-10(13)15(17,18)19/h3,5,7,12,23H,2,4,6H2,1H3,(H2,24,25,26)/t12-/m1/s1. The number of nitrogens with zero attached hydrogens (tertiary/aromatic N) is 1. The third kappa shape index (κ3) is 3.50. The maximum absolute atomic E-state index is 13.3. The minimum Gasteiger partial charge on any atom is -0.373 e. The van der Waals surface area contributed by atoms with Gasteiger partial charge >= 0.3 is 12.4 Å². The van der Waals surface area contributed by atoms with Gasteiger partial charge in [0.1, 0.15) is 11.7 Å². The number of halogens is 6. The molecule has 3 rings (SSSR count). The topological polar surface area (TPSA) is 52.7 Å². The molecule has 3 N–H and O–H groups in total. The molecule has 0 aliphatic carbocycles. The van der Waals surface area contributed by atoms with Crippen molar-refractivity contribution in [1.82, 2.24) is 15.3 Å². The van der Waals surface area contributed by atoms with E-state index < -0.39 is 36.1 Å². The lowest BCUT2D eigenvalue weighted by Crippen LogP contribution is -2.36. The van der Waals surface area contributed by atoms with Gasteiger partial charge < -0.3 is 15.6 Å². The molecule has 0 unspecified atom stereocenters. The van der Waals surface area contributed by atoms with E-state index in [-0.39, 0.29) is 11.0 Å². The van der Waals surface area contributed by atoms with Gasteiger partial charge in [-0.2, -0.15) is 26.3 Å². The Morgan fingerprint density at radius 2 is 1.96 bits per heavy atom. The Kier molecular flexibility index (Phi) is 4.63. The Balaban J connectivity index is 2.15. The summed E-state index contributed by atoms with van der Waals surface area (Å²) in [6, 6.07) is -0.693. The molecular weight excluding hydrogens is 362 g/mol. The van der Waals surface area contributed by atoms with Crippen LogP contribution in [0.1, 0.15) is 24.6 Å². The average molecular weight is 378 g/mol. The lowest BCUT2D eigenvalue weighted by atomic mass is 10.1. The number of rotatable bonds is 4. The zero-order valence-corrected chi connectivity index (χ0v) is 13.6. The quantitative estimate of drug-likeness (QED) is 0.695. The van der Waals surface area contributed by atoms with Crippen LogP contribution in [-0.4, -0.2) is 35.3 Å². The average Bonchev–Trinajstić information content (AvgIpc) is 3.18. The first-order valence-corrected chi connectivity index (χ1v) is 7.93. The van der Waals surface area contributed by atoms with E-state index in [2.05, 4.69) is 20.6 Å². The highest BCUT2D eigenvalue weighted by molar-refractivity contribution is 5.94. The molecule has 0 bridgehead atoms. The van der Waals surface area contributed by atoms with Gasteiger partial charge in [-0.1, -0.05) is 13.0 Å².